The quantitative estimate of drug-likeness (QED) is 0.946. The monoisotopic (exact) mass is 313 g/mol. The summed E-state index contributed by atoms with van der Waals surface area (Å²) in [5.74, 6) is 0.369. The second-order valence-electron chi connectivity index (χ2n) is 6.52. The number of rotatable bonds is 3. The van der Waals surface area contributed by atoms with Gasteiger partial charge in [0.2, 0.25) is 5.91 Å². The molecule has 23 heavy (non-hydrogen) atoms. The number of fused-ring (bicyclic) bond motifs is 1. The van der Waals surface area contributed by atoms with E-state index in [-0.39, 0.29) is 11.5 Å². The molecular formula is C18H23N3O2. The first kappa shape index (κ1) is 15.7. The van der Waals surface area contributed by atoms with Crippen molar-refractivity contribution in [3.63, 3.8) is 0 Å². The zero-order chi connectivity index (χ0) is 16.4. The first-order valence-corrected chi connectivity index (χ1v) is 8.34. The normalized spacial score (nSPS) is 15.7. The molecule has 1 N–H and O–H groups in total. The second-order valence-corrected chi connectivity index (χ2v) is 6.52. The third-order valence-electron chi connectivity index (χ3n) is 4.69. The van der Waals surface area contributed by atoms with Gasteiger partial charge in [-0.05, 0) is 44.2 Å². The van der Waals surface area contributed by atoms with Crippen molar-refractivity contribution in [2.24, 2.45) is 5.92 Å². The van der Waals surface area contributed by atoms with E-state index >= 15 is 0 Å². The number of nitrogens with zero attached hydrogens (tertiary/aromatic N) is 2. The molecule has 0 unspecified atom stereocenters. The first-order valence-electron chi connectivity index (χ1n) is 8.34. The lowest BCUT2D eigenvalue weighted by atomic mass is 9.87. The maximum Gasteiger partial charge on any atom is 0.281 e. The third-order valence-corrected chi connectivity index (χ3v) is 4.69. The molecule has 5 heteroatoms. The van der Waals surface area contributed by atoms with Crippen molar-refractivity contribution in [3.05, 3.63) is 39.9 Å². The summed E-state index contributed by atoms with van der Waals surface area (Å²) in [6.07, 6.45) is 8.09. The van der Waals surface area contributed by atoms with Crippen LogP contribution in [0, 0.1) is 19.8 Å². The van der Waals surface area contributed by atoms with Crippen molar-refractivity contribution < 1.29 is 4.79 Å². The molecule has 5 nitrogen and oxygen atoms in total. The smallest absolute Gasteiger partial charge is 0.281 e. The van der Waals surface area contributed by atoms with Gasteiger partial charge in [-0.1, -0.05) is 25.3 Å². The topological polar surface area (TPSA) is 63.5 Å². The van der Waals surface area contributed by atoms with E-state index < -0.39 is 0 Å². The van der Waals surface area contributed by atoms with E-state index in [1.165, 1.54) is 23.7 Å². The van der Waals surface area contributed by atoms with Gasteiger partial charge in [-0.15, -0.1) is 0 Å². The molecule has 0 spiro atoms. The molecule has 3 rings (SSSR count). The summed E-state index contributed by atoms with van der Waals surface area (Å²) < 4.78 is 1.50. The summed E-state index contributed by atoms with van der Waals surface area (Å²) in [4.78, 5) is 29.4. The van der Waals surface area contributed by atoms with Crippen LogP contribution in [0.2, 0.25) is 0 Å². The zero-order valence-electron chi connectivity index (χ0n) is 13.8. The molecule has 0 aliphatic heterocycles. The van der Waals surface area contributed by atoms with Gasteiger partial charge in [0.25, 0.3) is 5.56 Å². The van der Waals surface area contributed by atoms with Crippen molar-refractivity contribution in [2.75, 3.05) is 5.32 Å². The van der Waals surface area contributed by atoms with Gasteiger partial charge in [-0.3, -0.25) is 14.0 Å². The van der Waals surface area contributed by atoms with Crippen molar-refractivity contribution in [1.82, 2.24) is 9.38 Å². The van der Waals surface area contributed by atoms with Crippen molar-refractivity contribution in [2.45, 2.75) is 52.4 Å². The van der Waals surface area contributed by atoms with Gasteiger partial charge in [0.15, 0.2) is 0 Å². The Morgan fingerprint density at radius 3 is 2.78 bits per heavy atom. The fourth-order valence-electron chi connectivity index (χ4n) is 3.39. The fourth-order valence-corrected chi connectivity index (χ4v) is 3.39. The van der Waals surface area contributed by atoms with E-state index in [1.807, 2.05) is 19.1 Å². The van der Waals surface area contributed by atoms with Gasteiger partial charge in [0.05, 0.1) is 5.69 Å². The largest absolute Gasteiger partial charge is 0.320 e. The number of aromatic nitrogens is 2. The highest BCUT2D eigenvalue weighted by Gasteiger charge is 2.19. The number of nitrogens with one attached hydrogen (secondary N) is 1. The summed E-state index contributed by atoms with van der Waals surface area (Å²) in [6.45, 7) is 3.69. The number of anilines is 1. The van der Waals surface area contributed by atoms with Crippen LogP contribution < -0.4 is 10.9 Å². The minimum Gasteiger partial charge on any atom is -0.320 e. The zero-order valence-corrected chi connectivity index (χ0v) is 13.8. The van der Waals surface area contributed by atoms with Crippen LogP contribution in [0.15, 0.2) is 23.1 Å². The highest BCUT2D eigenvalue weighted by atomic mass is 16.2. The van der Waals surface area contributed by atoms with E-state index in [9.17, 15) is 9.59 Å². The van der Waals surface area contributed by atoms with Crippen molar-refractivity contribution in [1.29, 1.82) is 0 Å². The van der Waals surface area contributed by atoms with Crippen LogP contribution in [0.1, 0.15) is 49.8 Å². The fraction of sp³-hybridized carbons (Fsp3) is 0.500. The average Bonchev–Trinajstić information content (AvgIpc) is 2.53. The molecule has 1 fully saturated rings. The van der Waals surface area contributed by atoms with Crippen LogP contribution in [0.3, 0.4) is 0 Å². The van der Waals surface area contributed by atoms with Crippen LogP contribution in [-0.4, -0.2) is 15.3 Å². The Morgan fingerprint density at radius 2 is 2.04 bits per heavy atom. The van der Waals surface area contributed by atoms with Gasteiger partial charge < -0.3 is 5.32 Å². The Hall–Kier alpha value is -2.17. The number of hydrogen-bond donors (Lipinski definition) is 1. The number of carbonyl (C=O) groups is 1. The van der Waals surface area contributed by atoms with E-state index in [4.69, 9.17) is 0 Å². The lowest BCUT2D eigenvalue weighted by molar-refractivity contribution is -0.117. The average molecular weight is 313 g/mol. The lowest BCUT2D eigenvalue weighted by Gasteiger charge is -2.21. The van der Waals surface area contributed by atoms with Gasteiger partial charge in [0.1, 0.15) is 11.3 Å². The molecule has 1 aliphatic carbocycles. The highest BCUT2D eigenvalue weighted by Crippen LogP contribution is 2.26. The van der Waals surface area contributed by atoms with Crippen LogP contribution in [-0.2, 0) is 4.79 Å². The maximum absolute atomic E-state index is 12.6. The summed E-state index contributed by atoms with van der Waals surface area (Å²) in [6, 6.07) is 3.73. The van der Waals surface area contributed by atoms with Crippen LogP contribution in [0.5, 0.6) is 0 Å². The number of carbonyl (C=O) groups excluding carboxylic acids is 1. The molecule has 122 valence electrons. The summed E-state index contributed by atoms with van der Waals surface area (Å²) in [7, 11) is 0. The molecule has 0 radical (unpaired) electrons. The van der Waals surface area contributed by atoms with E-state index in [1.54, 1.807) is 13.1 Å². The lowest BCUT2D eigenvalue weighted by Crippen LogP contribution is -2.26. The number of aryl methyl sites for hydroxylation is 2. The van der Waals surface area contributed by atoms with Crippen LogP contribution in [0.4, 0.5) is 5.69 Å². The SMILES string of the molecule is Cc1nc2c(C)cccn2c(=O)c1NC(=O)CC1CCCCC1. The molecule has 1 amide bonds. The Labute approximate surface area is 135 Å². The Balaban J connectivity index is 1.85. The molecule has 2 aromatic rings. The predicted molar refractivity (Wildman–Crippen MR) is 90.8 cm³/mol. The molecule has 0 saturated heterocycles. The van der Waals surface area contributed by atoms with Crippen molar-refractivity contribution >= 4 is 17.2 Å². The Morgan fingerprint density at radius 1 is 1.30 bits per heavy atom. The van der Waals surface area contributed by atoms with Gasteiger partial charge in [0, 0.05) is 12.6 Å². The van der Waals surface area contributed by atoms with Crippen LogP contribution in [0.25, 0.3) is 5.65 Å². The third kappa shape index (κ3) is 3.28. The molecule has 2 aromatic heterocycles. The minimum atomic E-state index is -0.215. The van der Waals surface area contributed by atoms with Gasteiger partial charge >= 0.3 is 0 Å². The van der Waals surface area contributed by atoms with E-state index in [2.05, 4.69) is 10.3 Å². The second kappa shape index (κ2) is 6.52. The molecule has 1 saturated carbocycles. The Bertz CT molecular complexity index is 789. The van der Waals surface area contributed by atoms with Gasteiger partial charge in [-0.25, -0.2) is 4.98 Å². The van der Waals surface area contributed by atoms with E-state index in [0.717, 1.165) is 18.4 Å². The first-order chi connectivity index (χ1) is 11.1. The number of hydrogen-bond acceptors (Lipinski definition) is 3. The molecular weight excluding hydrogens is 290 g/mol. The number of pyridine rings is 1. The Kier molecular flexibility index (Phi) is 4.46. The summed E-state index contributed by atoms with van der Waals surface area (Å²) >= 11 is 0. The standard InChI is InChI=1S/C18H23N3O2/c1-12-7-6-10-21-17(12)19-13(2)16(18(21)23)20-15(22)11-14-8-4-3-5-9-14/h6-7,10,14H,3-5,8-9,11H2,1-2H3,(H,20,22). The number of amides is 1. The molecule has 0 bridgehead atoms. The molecule has 0 atom stereocenters. The minimum absolute atomic E-state index is 0.0773. The van der Waals surface area contributed by atoms with Crippen molar-refractivity contribution in [3.8, 4) is 0 Å². The molecule has 0 aromatic carbocycles. The van der Waals surface area contributed by atoms with Crippen LogP contribution >= 0.6 is 0 Å². The van der Waals surface area contributed by atoms with Gasteiger partial charge in [-0.2, -0.15) is 0 Å². The maximum atomic E-state index is 12.6. The highest BCUT2D eigenvalue weighted by molar-refractivity contribution is 5.91. The van der Waals surface area contributed by atoms with E-state index in [0.29, 0.717) is 29.4 Å². The molecule has 1 aliphatic rings. The summed E-state index contributed by atoms with van der Waals surface area (Å²) in [5, 5.41) is 2.80. The predicted octanol–water partition coefficient (Wildman–Crippen LogP) is 3.22. The summed E-state index contributed by atoms with van der Waals surface area (Å²) in [5.41, 5.74) is 2.23. The molecule has 2 heterocycles.